The molecule has 0 fully saturated rings. The van der Waals surface area contributed by atoms with Gasteiger partial charge in [0.05, 0.1) is 19.3 Å². The van der Waals surface area contributed by atoms with Crippen LogP contribution >= 0.6 is 0 Å². The van der Waals surface area contributed by atoms with Crippen LogP contribution < -0.4 is 0 Å². The first-order valence-electron chi connectivity index (χ1n) is 22.7. The lowest BCUT2D eigenvalue weighted by atomic mass is 10.0. The van der Waals surface area contributed by atoms with Crippen LogP contribution in [0.2, 0.25) is 0 Å². The van der Waals surface area contributed by atoms with Crippen molar-refractivity contribution in [3.63, 3.8) is 0 Å². The molecule has 0 aliphatic heterocycles. The molecule has 0 spiro atoms. The first-order valence-corrected chi connectivity index (χ1v) is 22.7. The van der Waals surface area contributed by atoms with E-state index in [1.54, 1.807) is 0 Å². The Morgan fingerprint density at radius 1 is 0.490 bits per heavy atom. The van der Waals surface area contributed by atoms with Crippen molar-refractivity contribution in [1.82, 2.24) is 4.90 Å². The highest BCUT2D eigenvalue weighted by molar-refractivity contribution is 5.79. The molecule has 0 bridgehead atoms. The van der Waals surface area contributed by atoms with E-state index in [0.717, 1.165) is 90.1 Å². The van der Waals surface area contributed by atoms with Gasteiger partial charge in [0.25, 0.3) is 0 Å². The molecule has 0 aromatic carbocycles. The molecule has 304 valence electrons. The third-order valence-electron chi connectivity index (χ3n) is 10.5. The van der Waals surface area contributed by atoms with Crippen molar-refractivity contribution in [3.05, 3.63) is 0 Å². The molecule has 0 radical (unpaired) electrons. The average molecular weight is 724 g/mol. The number of aliphatic hydroxyl groups is 1. The van der Waals surface area contributed by atoms with Gasteiger partial charge in [0, 0.05) is 19.4 Å². The van der Waals surface area contributed by atoms with Gasteiger partial charge in [-0.25, -0.2) is 0 Å². The van der Waals surface area contributed by atoms with Crippen LogP contribution in [0.25, 0.3) is 0 Å². The van der Waals surface area contributed by atoms with Crippen LogP contribution in [0.5, 0.6) is 0 Å². The van der Waals surface area contributed by atoms with E-state index in [1.165, 1.54) is 122 Å². The molecule has 0 atom stereocenters. The van der Waals surface area contributed by atoms with E-state index in [9.17, 15) is 14.7 Å². The van der Waals surface area contributed by atoms with E-state index in [0.29, 0.717) is 32.6 Å². The zero-order valence-electron chi connectivity index (χ0n) is 34.7. The molecular weight excluding hydrogens is 634 g/mol. The third-order valence-corrected chi connectivity index (χ3v) is 10.5. The van der Waals surface area contributed by atoms with Crippen LogP contribution in [0, 0.1) is 0 Å². The summed E-state index contributed by atoms with van der Waals surface area (Å²) in [6.45, 7) is 10.5. The first kappa shape index (κ1) is 50.0. The smallest absolute Gasteiger partial charge is 0.305 e. The molecule has 51 heavy (non-hydrogen) atoms. The van der Waals surface area contributed by atoms with Gasteiger partial charge in [-0.1, -0.05) is 175 Å². The monoisotopic (exact) mass is 724 g/mol. The second-order valence-corrected chi connectivity index (χ2v) is 15.5. The Kier molecular flexibility index (Phi) is 41.0. The Bertz CT molecular complexity index is 701. The van der Waals surface area contributed by atoms with E-state index in [-0.39, 0.29) is 24.5 Å². The summed E-state index contributed by atoms with van der Waals surface area (Å²) in [5, 5.41) is 9.53. The Hall–Kier alpha value is -0.980. The number of aliphatic hydroxyl groups excluding tert-OH is 1. The molecule has 0 aliphatic carbocycles. The molecule has 0 unspecified atom stereocenters. The Labute approximate surface area is 318 Å². The van der Waals surface area contributed by atoms with Crippen molar-refractivity contribution < 1.29 is 24.2 Å². The van der Waals surface area contributed by atoms with Crippen LogP contribution in [-0.2, 0) is 19.1 Å². The van der Waals surface area contributed by atoms with Crippen molar-refractivity contribution in [2.75, 3.05) is 39.5 Å². The molecule has 0 amide bonds. The maximum Gasteiger partial charge on any atom is 0.305 e. The van der Waals surface area contributed by atoms with Crippen molar-refractivity contribution in [2.24, 2.45) is 0 Å². The zero-order chi connectivity index (χ0) is 37.3. The largest absolute Gasteiger partial charge is 0.466 e. The Morgan fingerprint density at radius 3 is 1.41 bits per heavy atom. The van der Waals surface area contributed by atoms with E-state index in [1.807, 2.05) is 0 Å². The lowest BCUT2D eigenvalue weighted by molar-refractivity contribution is -0.143. The average Bonchev–Trinajstić information content (AvgIpc) is 3.13. The van der Waals surface area contributed by atoms with Crippen molar-refractivity contribution >= 4 is 11.8 Å². The van der Waals surface area contributed by atoms with Gasteiger partial charge in [-0.2, -0.15) is 0 Å². The molecule has 0 heterocycles. The number of Topliss-reactive ketones (excluding diaryl/α,β-unsaturated/α-hetero) is 1. The van der Waals surface area contributed by atoms with E-state index in [2.05, 4.69) is 25.7 Å². The number of carbonyl (C=O) groups excluding carboxylic acids is 2. The van der Waals surface area contributed by atoms with Gasteiger partial charge in [-0.05, 0) is 58.0 Å². The molecular formula is C45H89NO5. The SMILES string of the molecule is CCCCCCCCCCCOC(=O)CCCCCN(CCO)CCCCCCCC(=O)COC(CCCCCCCC)CCCCCCCC. The molecule has 1 N–H and O–H groups in total. The van der Waals surface area contributed by atoms with Gasteiger partial charge < -0.3 is 19.5 Å². The first-order chi connectivity index (χ1) is 25.1. The van der Waals surface area contributed by atoms with Gasteiger partial charge >= 0.3 is 5.97 Å². The van der Waals surface area contributed by atoms with Gasteiger partial charge in [-0.15, -0.1) is 0 Å². The number of esters is 1. The zero-order valence-corrected chi connectivity index (χ0v) is 34.7. The molecule has 0 aliphatic rings. The summed E-state index contributed by atoms with van der Waals surface area (Å²) in [4.78, 5) is 27.0. The Morgan fingerprint density at radius 2 is 0.902 bits per heavy atom. The topological polar surface area (TPSA) is 76.1 Å². The summed E-state index contributed by atoms with van der Waals surface area (Å²) in [5.41, 5.74) is 0. The van der Waals surface area contributed by atoms with Crippen LogP contribution in [-0.4, -0.2) is 67.3 Å². The van der Waals surface area contributed by atoms with E-state index < -0.39 is 0 Å². The summed E-state index contributed by atoms with van der Waals surface area (Å²) in [5.74, 6) is 0.222. The van der Waals surface area contributed by atoms with Gasteiger partial charge in [-0.3, -0.25) is 9.59 Å². The molecule has 6 nitrogen and oxygen atoms in total. The second-order valence-electron chi connectivity index (χ2n) is 15.5. The highest BCUT2D eigenvalue weighted by atomic mass is 16.5. The number of unbranched alkanes of at least 4 members (excludes halogenated alkanes) is 24. The predicted molar refractivity (Wildman–Crippen MR) is 219 cm³/mol. The van der Waals surface area contributed by atoms with Crippen LogP contribution in [0.15, 0.2) is 0 Å². The number of ether oxygens (including phenoxy) is 2. The summed E-state index contributed by atoms with van der Waals surface area (Å²) in [7, 11) is 0. The lowest BCUT2D eigenvalue weighted by Gasteiger charge is -2.21. The van der Waals surface area contributed by atoms with Crippen molar-refractivity contribution in [3.8, 4) is 0 Å². The number of hydrogen-bond acceptors (Lipinski definition) is 6. The fourth-order valence-electron chi connectivity index (χ4n) is 7.02. The standard InChI is InChI=1S/C45H89NO5/c1-4-7-10-13-16-17-18-24-32-41-50-45(49)36-29-25-31-38-46(39-40-47)37-30-23-19-20-26-33-43(48)42-51-44(34-27-21-14-11-8-5-2)35-28-22-15-12-9-6-3/h44,47H,4-42H2,1-3H3. The lowest BCUT2D eigenvalue weighted by Crippen LogP contribution is -2.29. The maximum atomic E-state index is 12.6. The van der Waals surface area contributed by atoms with E-state index in [4.69, 9.17) is 9.47 Å². The molecule has 0 aromatic heterocycles. The molecule has 6 heteroatoms. The molecule has 0 saturated carbocycles. The van der Waals surface area contributed by atoms with E-state index >= 15 is 0 Å². The second kappa shape index (κ2) is 41.8. The van der Waals surface area contributed by atoms with Crippen molar-refractivity contribution in [2.45, 2.75) is 239 Å². The number of rotatable bonds is 43. The molecule has 0 saturated heterocycles. The fourth-order valence-corrected chi connectivity index (χ4v) is 7.02. The summed E-state index contributed by atoms with van der Waals surface area (Å²) in [6.07, 6.45) is 39.2. The van der Waals surface area contributed by atoms with Gasteiger partial charge in [0.15, 0.2) is 5.78 Å². The number of ketones is 1. The van der Waals surface area contributed by atoms with Crippen molar-refractivity contribution in [1.29, 1.82) is 0 Å². The summed E-state index contributed by atoms with van der Waals surface area (Å²) < 4.78 is 11.6. The minimum Gasteiger partial charge on any atom is -0.466 e. The summed E-state index contributed by atoms with van der Waals surface area (Å²) >= 11 is 0. The normalized spacial score (nSPS) is 11.6. The number of carbonyl (C=O) groups is 2. The number of nitrogens with zero attached hydrogens (tertiary/aromatic N) is 1. The maximum absolute atomic E-state index is 12.6. The fraction of sp³-hybridized carbons (Fsp3) is 0.956. The molecule has 0 aromatic rings. The van der Waals surface area contributed by atoms with Crippen LogP contribution in [0.1, 0.15) is 233 Å². The highest BCUT2D eigenvalue weighted by Gasteiger charge is 2.12. The highest BCUT2D eigenvalue weighted by Crippen LogP contribution is 2.18. The minimum absolute atomic E-state index is 0.0489. The van der Waals surface area contributed by atoms with Gasteiger partial charge in [0.1, 0.15) is 6.61 Å². The third kappa shape index (κ3) is 38.6. The van der Waals surface area contributed by atoms with Crippen LogP contribution in [0.3, 0.4) is 0 Å². The quantitative estimate of drug-likeness (QED) is 0.0498. The predicted octanol–water partition coefficient (Wildman–Crippen LogP) is 12.7. The number of hydrogen-bond donors (Lipinski definition) is 1. The minimum atomic E-state index is -0.0489. The molecule has 0 rings (SSSR count). The Balaban J connectivity index is 3.93. The van der Waals surface area contributed by atoms with Gasteiger partial charge in [0.2, 0.25) is 0 Å². The van der Waals surface area contributed by atoms with Crippen LogP contribution in [0.4, 0.5) is 0 Å². The summed E-state index contributed by atoms with van der Waals surface area (Å²) in [6, 6.07) is 0.